The van der Waals surface area contributed by atoms with Gasteiger partial charge < -0.3 is 9.73 Å². The van der Waals surface area contributed by atoms with Crippen molar-refractivity contribution in [3.8, 4) is 0 Å². The van der Waals surface area contributed by atoms with Gasteiger partial charge in [-0.15, -0.1) is 11.3 Å². The highest BCUT2D eigenvalue weighted by molar-refractivity contribution is 7.13. The molecule has 0 unspecified atom stereocenters. The summed E-state index contributed by atoms with van der Waals surface area (Å²) in [5, 5.41) is 5.34. The normalized spacial score (nSPS) is 20.5. The summed E-state index contributed by atoms with van der Waals surface area (Å²) >= 11 is 1.41. The fourth-order valence-electron chi connectivity index (χ4n) is 4.05. The average Bonchev–Trinajstić information content (AvgIpc) is 3.18. The van der Waals surface area contributed by atoms with E-state index in [1.807, 2.05) is 5.38 Å². The Bertz CT molecular complexity index is 1030. The first-order valence-corrected chi connectivity index (χ1v) is 10.4. The van der Waals surface area contributed by atoms with Crippen LogP contribution in [0.15, 0.2) is 38.9 Å². The van der Waals surface area contributed by atoms with Crippen molar-refractivity contribution in [2.24, 2.45) is 11.8 Å². The van der Waals surface area contributed by atoms with E-state index in [1.54, 1.807) is 24.3 Å². The second kappa shape index (κ2) is 7.89. The van der Waals surface area contributed by atoms with Crippen LogP contribution in [0.3, 0.4) is 0 Å². The first-order valence-electron chi connectivity index (χ1n) is 9.53. The SMILES string of the molecule is C[C@H]1C[C@H](C)CN(Cc2csc(NC(=O)Cn3c(=O)oc4ccccc43)n2)C1. The Morgan fingerprint density at radius 3 is 2.82 bits per heavy atom. The number of fused-ring (bicyclic) bond motifs is 1. The number of carbonyl (C=O) groups is 1. The van der Waals surface area contributed by atoms with Crippen LogP contribution >= 0.6 is 11.3 Å². The number of rotatable bonds is 5. The van der Waals surface area contributed by atoms with Crippen LogP contribution in [0.5, 0.6) is 0 Å². The van der Waals surface area contributed by atoms with Crippen molar-refractivity contribution in [3.05, 3.63) is 45.9 Å². The Labute approximate surface area is 167 Å². The van der Waals surface area contributed by atoms with Gasteiger partial charge >= 0.3 is 5.76 Å². The molecule has 8 heteroatoms. The number of hydrogen-bond acceptors (Lipinski definition) is 6. The van der Waals surface area contributed by atoms with E-state index in [0.717, 1.165) is 25.3 Å². The summed E-state index contributed by atoms with van der Waals surface area (Å²) in [6.45, 7) is 7.44. The third-order valence-electron chi connectivity index (χ3n) is 5.00. The van der Waals surface area contributed by atoms with Crippen molar-refractivity contribution in [2.75, 3.05) is 18.4 Å². The first-order chi connectivity index (χ1) is 13.5. The average molecular weight is 401 g/mol. The molecule has 28 heavy (non-hydrogen) atoms. The van der Waals surface area contributed by atoms with Gasteiger partial charge in [0.1, 0.15) is 6.54 Å². The molecule has 7 nitrogen and oxygen atoms in total. The quantitative estimate of drug-likeness (QED) is 0.712. The number of nitrogens with one attached hydrogen (secondary N) is 1. The summed E-state index contributed by atoms with van der Waals surface area (Å²) in [7, 11) is 0. The maximum absolute atomic E-state index is 12.4. The van der Waals surface area contributed by atoms with E-state index in [4.69, 9.17) is 4.42 Å². The van der Waals surface area contributed by atoms with E-state index >= 15 is 0 Å². The van der Waals surface area contributed by atoms with Crippen LogP contribution in [0, 0.1) is 11.8 Å². The predicted molar refractivity (Wildman–Crippen MR) is 109 cm³/mol. The molecule has 148 valence electrons. The second-order valence-corrected chi connectivity index (χ2v) is 8.61. The fourth-order valence-corrected chi connectivity index (χ4v) is 4.77. The van der Waals surface area contributed by atoms with Gasteiger partial charge in [-0.1, -0.05) is 26.0 Å². The Kier molecular flexibility index (Phi) is 5.32. The number of hydrogen-bond donors (Lipinski definition) is 1. The Hall–Kier alpha value is -2.45. The molecule has 0 saturated carbocycles. The number of amides is 1. The van der Waals surface area contributed by atoms with Gasteiger partial charge in [-0.05, 0) is 30.4 Å². The molecular formula is C20H24N4O3S. The van der Waals surface area contributed by atoms with Crippen molar-refractivity contribution in [1.29, 1.82) is 0 Å². The van der Waals surface area contributed by atoms with E-state index in [9.17, 15) is 9.59 Å². The lowest BCUT2D eigenvalue weighted by Gasteiger charge is -2.34. The first kappa shape index (κ1) is 18.9. The Balaban J connectivity index is 1.39. The third kappa shape index (κ3) is 4.18. The summed E-state index contributed by atoms with van der Waals surface area (Å²) in [4.78, 5) is 31.4. The standard InChI is InChI=1S/C20H24N4O3S/c1-13-7-14(2)9-23(8-13)10-15-12-28-19(21-15)22-18(25)11-24-16-5-3-4-6-17(16)27-20(24)26/h3-6,12-14H,7-11H2,1-2H3,(H,21,22,25)/t13-,14-/m0/s1. The Morgan fingerprint density at radius 1 is 1.29 bits per heavy atom. The van der Waals surface area contributed by atoms with Crippen LogP contribution in [0.25, 0.3) is 11.1 Å². The van der Waals surface area contributed by atoms with E-state index in [1.165, 1.54) is 22.3 Å². The smallest absolute Gasteiger partial charge is 0.408 e. The fraction of sp³-hybridized carbons (Fsp3) is 0.450. The van der Waals surface area contributed by atoms with Gasteiger partial charge in [0.25, 0.3) is 0 Å². The topological polar surface area (TPSA) is 80.4 Å². The van der Waals surface area contributed by atoms with Crippen molar-refractivity contribution in [2.45, 2.75) is 33.4 Å². The maximum Gasteiger partial charge on any atom is 0.420 e. The number of para-hydroxylation sites is 2. The molecule has 1 N–H and O–H groups in total. The molecule has 2 aromatic heterocycles. The summed E-state index contributed by atoms with van der Waals surface area (Å²) in [6, 6.07) is 7.06. The van der Waals surface area contributed by atoms with Gasteiger partial charge in [-0.3, -0.25) is 14.3 Å². The zero-order valence-electron chi connectivity index (χ0n) is 16.1. The zero-order valence-corrected chi connectivity index (χ0v) is 16.9. The van der Waals surface area contributed by atoms with Crippen molar-refractivity contribution >= 4 is 33.5 Å². The maximum atomic E-state index is 12.4. The van der Waals surface area contributed by atoms with Crippen molar-refractivity contribution in [3.63, 3.8) is 0 Å². The largest absolute Gasteiger partial charge is 0.420 e. The second-order valence-electron chi connectivity index (χ2n) is 7.75. The monoisotopic (exact) mass is 400 g/mol. The Morgan fingerprint density at radius 2 is 2.04 bits per heavy atom. The highest BCUT2D eigenvalue weighted by Crippen LogP contribution is 2.24. The highest BCUT2D eigenvalue weighted by atomic mass is 32.1. The molecule has 0 radical (unpaired) electrons. The highest BCUT2D eigenvalue weighted by Gasteiger charge is 2.22. The lowest BCUT2D eigenvalue weighted by atomic mass is 9.92. The number of piperidine rings is 1. The molecule has 2 atom stereocenters. The van der Waals surface area contributed by atoms with Crippen LogP contribution < -0.4 is 11.1 Å². The van der Waals surface area contributed by atoms with E-state index in [2.05, 4.69) is 29.0 Å². The lowest BCUT2D eigenvalue weighted by molar-refractivity contribution is -0.116. The summed E-state index contributed by atoms with van der Waals surface area (Å²) in [5.41, 5.74) is 2.05. The number of aromatic nitrogens is 2. The van der Waals surface area contributed by atoms with Gasteiger partial charge in [0.2, 0.25) is 5.91 Å². The molecule has 0 aliphatic carbocycles. The number of oxazole rings is 1. The number of anilines is 1. The van der Waals surface area contributed by atoms with Crippen molar-refractivity contribution < 1.29 is 9.21 Å². The van der Waals surface area contributed by atoms with Crippen LogP contribution in [-0.2, 0) is 17.9 Å². The lowest BCUT2D eigenvalue weighted by Crippen LogP contribution is -2.38. The predicted octanol–water partition coefficient (Wildman–Crippen LogP) is 3.17. The summed E-state index contributed by atoms with van der Waals surface area (Å²) in [6.07, 6.45) is 1.27. The molecule has 1 saturated heterocycles. The molecule has 1 aliphatic rings. The summed E-state index contributed by atoms with van der Waals surface area (Å²) < 4.78 is 6.49. The molecule has 0 bridgehead atoms. The molecule has 3 heterocycles. The zero-order chi connectivity index (χ0) is 19.7. The molecule has 1 fully saturated rings. The number of benzene rings is 1. The van der Waals surface area contributed by atoms with Gasteiger partial charge in [-0.25, -0.2) is 9.78 Å². The van der Waals surface area contributed by atoms with Crippen LogP contribution in [0.4, 0.5) is 5.13 Å². The van der Waals surface area contributed by atoms with Crippen LogP contribution in [-0.4, -0.2) is 33.4 Å². The van der Waals surface area contributed by atoms with Crippen molar-refractivity contribution in [1.82, 2.24) is 14.5 Å². The molecule has 1 aliphatic heterocycles. The molecular weight excluding hydrogens is 376 g/mol. The van der Waals surface area contributed by atoms with Crippen LogP contribution in [0.1, 0.15) is 26.0 Å². The van der Waals surface area contributed by atoms with Gasteiger partial charge in [-0.2, -0.15) is 0 Å². The molecule has 3 aromatic rings. The number of likely N-dealkylation sites (tertiary alicyclic amines) is 1. The third-order valence-corrected chi connectivity index (χ3v) is 5.81. The molecule has 4 rings (SSSR count). The van der Waals surface area contributed by atoms with Gasteiger partial charge in [0.15, 0.2) is 10.7 Å². The van der Waals surface area contributed by atoms with Crippen LogP contribution in [0.2, 0.25) is 0 Å². The minimum Gasteiger partial charge on any atom is -0.408 e. The molecule has 0 spiro atoms. The van der Waals surface area contributed by atoms with E-state index in [-0.39, 0.29) is 12.5 Å². The molecule has 1 amide bonds. The van der Waals surface area contributed by atoms with Gasteiger partial charge in [0, 0.05) is 25.0 Å². The van der Waals surface area contributed by atoms with E-state index < -0.39 is 5.76 Å². The number of thiazole rings is 1. The molecule has 1 aromatic carbocycles. The minimum atomic E-state index is -0.537. The summed E-state index contributed by atoms with van der Waals surface area (Å²) in [5.74, 6) is 0.564. The minimum absolute atomic E-state index is 0.105. The van der Waals surface area contributed by atoms with E-state index in [0.29, 0.717) is 28.1 Å². The number of carbonyl (C=O) groups excluding carboxylic acids is 1. The number of nitrogens with zero attached hydrogens (tertiary/aromatic N) is 3. The van der Waals surface area contributed by atoms with Gasteiger partial charge in [0.05, 0.1) is 11.2 Å².